The van der Waals surface area contributed by atoms with Gasteiger partial charge in [0, 0.05) is 18.0 Å². The number of hydrogen-bond acceptors (Lipinski definition) is 2. The van der Waals surface area contributed by atoms with Crippen molar-refractivity contribution < 1.29 is 9.18 Å². The lowest BCUT2D eigenvalue weighted by Gasteiger charge is -2.01. The van der Waals surface area contributed by atoms with Crippen LogP contribution in [0.1, 0.15) is 16.7 Å². The maximum Gasteiger partial charge on any atom is 0.296 e. The second-order valence-electron chi connectivity index (χ2n) is 4.57. The molecule has 0 heterocycles. The molecule has 0 unspecified atom stereocenters. The number of nitrogens with zero attached hydrogens (tertiary/aromatic N) is 1. The molecule has 0 aliphatic carbocycles. The topological polar surface area (TPSA) is 52.9 Å². The van der Waals surface area contributed by atoms with Crippen LogP contribution in [0.15, 0.2) is 48.5 Å². The second-order valence-corrected chi connectivity index (χ2v) is 4.57. The maximum absolute atomic E-state index is 12.7. The molecule has 0 fully saturated rings. The average Bonchev–Trinajstić information content (AvgIpc) is 2.55. The lowest BCUT2D eigenvalue weighted by Crippen LogP contribution is -2.23. The van der Waals surface area contributed by atoms with Crippen molar-refractivity contribution >= 4 is 5.91 Å². The molecule has 4 heteroatoms. The Morgan fingerprint density at radius 1 is 1.14 bits per heavy atom. The van der Waals surface area contributed by atoms with Gasteiger partial charge in [0.2, 0.25) is 0 Å². The van der Waals surface area contributed by atoms with Crippen molar-refractivity contribution in [3.8, 4) is 17.9 Å². The zero-order valence-corrected chi connectivity index (χ0v) is 11.8. The van der Waals surface area contributed by atoms with Crippen molar-refractivity contribution in [1.29, 1.82) is 5.26 Å². The fourth-order valence-electron chi connectivity index (χ4n) is 1.81. The van der Waals surface area contributed by atoms with Gasteiger partial charge in [-0.05, 0) is 42.3 Å². The molecule has 0 saturated carbocycles. The number of carbonyl (C=O) groups is 1. The van der Waals surface area contributed by atoms with Gasteiger partial charge in [-0.15, -0.1) is 0 Å². The van der Waals surface area contributed by atoms with Gasteiger partial charge in [-0.25, -0.2) is 4.39 Å². The lowest BCUT2D eigenvalue weighted by atomic mass is 10.1. The Kier molecular flexibility index (Phi) is 5.29. The van der Waals surface area contributed by atoms with Crippen LogP contribution < -0.4 is 5.32 Å². The summed E-state index contributed by atoms with van der Waals surface area (Å²) in [5.74, 6) is 4.52. The summed E-state index contributed by atoms with van der Waals surface area (Å²) in [5.41, 5.74) is 2.06. The highest BCUT2D eigenvalue weighted by molar-refractivity contribution is 5.94. The molecule has 2 aromatic rings. The number of nitrogens with one attached hydrogen (secondary N) is 1. The number of carbonyl (C=O) groups excluding carboxylic acids is 1. The molecule has 108 valence electrons. The number of rotatable bonds is 3. The minimum absolute atomic E-state index is 0.279. The molecule has 0 aliphatic heterocycles. The van der Waals surface area contributed by atoms with Crippen LogP contribution in [0.25, 0.3) is 0 Å². The molecule has 22 heavy (non-hydrogen) atoms. The second kappa shape index (κ2) is 7.61. The Hall–Kier alpha value is -3.11. The first-order valence-corrected chi connectivity index (χ1v) is 6.72. The fraction of sp³-hybridized carbons (Fsp3) is 0.111. The van der Waals surface area contributed by atoms with E-state index in [4.69, 9.17) is 5.26 Å². The van der Waals surface area contributed by atoms with Crippen LogP contribution in [-0.2, 0) is 11.2 Å². The summed E-state index contributed by atoms with van der Waals surface area (Å²) < 4.78 is 12.7. The van der Waals surface area contributed by atoms with E-state index in [-0.39, 0.29) is 11.7 Å². The van der Waals surface area contributed by atoms with Gasteiger partial charge in [0.25, 0.3) is 5.91 Å². The molecule has 0 bridgehead atoms. The van der Waals surface area contributed by atoms with Gasteiger partial charge in [0.05, 0.1) is 11.6 Å². The van der Waals surface area contributed by atoms with Crippen molar-refractivity contribution in [2.75, 3.05) is 6.54 Å². The third-order valence-electron chi connectivity index (χ3n) is 2.92. The summed E-state index contributed by atoms with van der Waals surface area (Å²) in [6.07, 6.45) is 0.609. The molecule has 0 saturated heterocycles. The van der Waals surface area contributed by atoms with Crippen LogP contribution in [0.3, 0.4) is 0 Å². The van der Waals surface area contributed by atoms with Gasteiger partial charge in [0.1, 0.15) is 5.82 Å². The van der Waals surface area contributed by atoms with Crippen molar-refractivity contribution in [2.45, 2.75) is 6.42 Å². The smallest absolute Gasteiger partial charge is 0.296 e. The van der Waals surface area contributed by atoms with Gasteiger partial charge < -0.3 is 5.32 Å². The van der Waals surface area contributed by atoms with Crippen LogP contribution in [-0.4, -0.2) is 12.5 Å². The predicted octanol–water partition coefficient (Wildman–Crippen LogP) is 2.41. The zero-order valence-electron chi connectivity index (χ0n) is 11.8. The molecule has 2 aromatic carbocycles. The van der Waals surface area contributed by atoms with Gasteiger partial charge in [-0.3, -0.25) is 4.79 Å². The number of halogens is 1. The summed E-state index contributed by atoms with van der Waals surface area (Å²) in [4.78, 5) is 11.6. The van der Waals surface area contributed by atoms with Gasteiger partial charge >= 0.3 is 0 Å². The normalized spacial score (nSPS) is 9.27. The standard InChI is InChI=1S/C18H13FN2O/c19-17-7-4-14(5-8-17)10-11-21-18(22)9-6-15-2-1-3-16(12-15)13-20/h1-5,7-8,12H,10-11H2,(H,21,22). The Bertz CT molecular complexity index is 764. The number of hydrogen-bond donors (Lipinski definition) is 1. The van der Waals surface area contributed by atoms with Crippen molar-refractivity contribution in [1.82, 2.24) is 5.32 Å². The summed E-state index contributed by atoms with van der Waals surface area (Å²) >= 11 is 0. The van der Waals surface area contributed by atoms with E-state index in [2.05, 4.69) is 17.2 Å². The Morgan fingerprint density at radius 2 is 1.86 bits per heavy atom. The van der Waals surface area contributed by atoms with Crippen molar-refractivity contribution in [3.63, 3.8) is 0 Å². The van der Waals surface area contributed by atoms with Crippen molar-refractivity contribution in [3.05, 3.63) is 71.0 Å². The third-order valence-corrected chi connectivity index (χ3v) is 2.92. The fourth-order valence-corrected chi connectivity index (χ4v) is 1.81. The van der Waals surface area contributed by atoms with Crippen LogP contribution in [0, 0.1) is 29.0 Å². The van der Waals surface area contributed by atoms with Crippen LogP contribution in [0.4, 0.5) is 4.39 Å². The molecule has 0 aliphatic rings. The highest BCUT2D eigenvalue weighted by atomic mass is 19.1. The molecule has 2 rings (SSSR count). The molecule has 1 amide bonds. The van der Waals surface area contributed by atoms with Gasteiger partial charge in [-0.1, -0.05) is 24.1 Å². The molecular formula is C18H13FN2O. The molecule has 0 radical (unpaired) electrons. The SMILES string of the molecule is N#Cc1cccc(C#CC(=O)NCCc2ccc(F)cc2)c1. The van der Waals surface area contributed by atoms with E-state index in [0.717, 1.165) is 5.56 Å². The number of benzene rings is 2. The minimum Gasteiger partial charge on any atom is -0.345 e. The van der Waals surface area contributed by atoms with E-state index in [1.807, 2.05) is 6.07 Å². The highest BCUT2D eigenvalue weighted by Gasteiger charge is 1.97. The number of amides is 1. The lowest BCUT2D eigenvalue weighted by molar-refractivity contribution is -0.115. The van der Waals surface area contributed by atoms with E-state index >= 15 is 0 Å². The minimum atomic E-state index is -0.385. The van der Waals surface area contributed by atoms with Gasteiger partial charge in [0.15, 0.2) is 0 Å². The van der Waals surface area contributed by atoms with Gasteiger partial charge in [-0.2, -0.15) is 5.26 Å². The molecule has 1 N–H and O–H groups in total. The maximum atomic E-state index is 12.7. The molecule has 0 spiro atoms. The van der Waals surface area contributed by atoms with Crippen LogP contribution in [0.5, 0.6) is 0 Å². The Balaban J connectivity index is 1.84. The summed E-state index contributed by atoms with van der Waals surface area (Å²) in [6.45, 7) is 0.428. The predicted molar refractivity (Wildman–Crippen MR) is 81.1 cm³/mol. The Labute approximate surface area is 128 Å². The molecular weight excluding hydrogens is 279 g/mol. The van der Waals surface area contributed by atoms with Crippen LogP contribution >= 0.6 is 0 Å². The Morgan fingerprint density at radius 3 is 2.59 bits per heavy atom. The highest BCUT2D eigenvalue weighted by Crippen LogP contribution is 2.03. The quantitative estimate of drug-likeness (QED) is 0.883. The first-order valence-electron chi connectivity index (χ1n) is 6.72. The summed E-state index contributed by atoms with van der Waals surface area (Å²) in [5, 5.41) is 11.5. The first-order chi connectivity index (χ1) is 10.7. The molecule has 0 aromatic heterocycles. The van der Waals surface area contributed by atoms with E-state index in [0.29, 0.717) is 24.1 Å². The monoisotopic (exact) mass is 292 g/mol. The van der Waals surface area contributed by atoms with E-state index < -0.39 is 0 Å². The van der Waals surface area contributed by atoms with E-state index in [9.17, 15) is 9.18 Å². The zero-order chi connectivity index (χ0) is 15.8. The van der Waals surface area contributed by atoms with Crippen molar-refractivity contribution in [2.24, 2.45) is 0 Å². The number of nitriles is 1. The van der Waals surface area contributed by atoms with E-state index in [1.165, 1.54) is 12.1 Å². The molecule has 3 nitrogen and oxygen atoms in total. The summed E-state index contributed by atoms with van der Waals surface area (Å²) in [7, 11) is 0. The van der Waals surface area contributed by atoms with E-state index in [1.54, 1.807) is 36.4 Å². The first kappa shape index (κ1) is 15.3. The average molecular weight is 292 g/mol. The van der Waals surface area contributed by atoms with Crippen LogP contribution in [0.2, 0.25) is 0 Å². The molecule has 0 atom stereocenters. The largest absolute Gasteiger partial charge is 0.345 e. The summed E-state index contributed by atoms with van der Waals surface area (Å²) in [6, 6.07) is 14.9. The third kappa shape index (κ3) is 4.77.